The molecule has 0 spiro atoms. The molecule has 1 saturated heterocycles. The first-order valence-corrected chi connectivity index (χ1v) is 10.8. The lowest BCUT2D eigenvalue weighted by Crippen LogP contribution is -2.48. The van der Waals surface area contributed by atoms with Crippen LogP contribution in [0.4, 0.5) is 0 Å². The molecule has 3 heterocycles. The Morgan fingerprint density at radius 1 is 1.04 bits per heavy atom. The number of nitrogens with zero attached hydrogens (tertiary/aromatic N) is 4. The second-order valence-electron chi connectivity index (χ2n) is 7.30. The summed E-state index contributed by atoms with van der Waals surface area (Å²) in [5.41, 5.74) is 2.32. The highest BCUT2D eigenvalue weighted by Crippen LogP contribution is 2.23. The minimum Gasteiger partial charge on any atom is -0.340 e. The van der Waals surface area contributed by atoms with Gasteiger partial charge in [-0.15, -0.1) is 11.3 Å². The molecule has 1 aromatic carbocycles. The van der Waals surface area contributed by atoms with Crippen molar-refractivity contribution in [3.8, 4) is 0 Å². The molecule has 0 aliphatic carbocycles. The van der Waals surface area contributed by atoms with Crippen molar-refractivity contribution in [3.05, 3.63) is 59.4 Å². The third kappa shape index (κ3) is 4.94. The number of aromatic nitrogens is 2. The summed E-state index contributed by atoms with van der Waals surface area (Å²) < 4.78 is 1.25. The summed E-state index contributed by atoms with van der Waals surface area (Å²) in [5.74, 6) is 0.297. The first-order chi connectivity index (χ1) is 13.8. The number of para-hydroxylation sites is 1. The van der Waals surface area contributed by atoms with Crippen LogP contribution in [0.1, 0.15) is 29.8 Å². The van der Waals surface area contributed by atoms with Gasteiger partial charge in [-0.05, 0) is 43.0 Å². The fraction of sp³-hybridized carbons (Fsp3) is 0.409. The van der Waals surface area contributed by atoms with Crippen molar-refractivity contribution in [2.75, 3.05) is 26.2 Å². The number of carbonyl (C=O) groups excluding carboxylic acids is 1. The molecule has 0 unspecified atom stereocenters. The maximum atomic E-state index is 12.5. The van der Waals surface area contributed by atoms with E-state index in [1.807, 2.05) is 23.2 Å². The summed E-state index contributed by atoms with van der Waals surface area (Å²) in [6.07, 6.45) is 7.29. The molecule has 1 amide bonds. The second kappa shape index (κ2) is 9.26. The smallest absolute Gasteiger partial charge is 0.222 e. The summed E-state index contributed by atoms with van der Waals surface area (Å²) >= 11 is 1.77. The molecule has 4 rings (SSSR count). The quantitative estimate of drug-likeness (QED) is 0.573. The lowest BCUT2D eigenvalue weighted by atomic mass is 10.1. The number of hydrogen-bond acceptors (Lipinski definition) is 5. The Kier molecular flexibility index (Phi) is 6.29. The Morgan fingerprint density at radius 2 is 1.89 bits per heavy atom. The van der Waals surface area contributed by atoms with Gasteiger partial charge in [-0.25, -0.2) is 4.98 Å². The zero-order valence-corrected chi connectivity index (χ0v) is 16.9. The predicted octanol–water partition coefficient (Wildman–Crippen LogP) is 3.75. The lowest BCUT2D eigenvalue weighted by molar-refractivity contribution is -0.133. The minimum absolute atomic E-state index is 0.297. The number of fused-ring (bicyclic) bond motifs is 1. The molecule has 0 radical (unpaired) electrons. The zero-order valence-electron chi connectivity index (χ0n) is 16.1. The number of pyridine rings is 1. The van der Waals surface area contributed by atoms with Gasteiger partial charge in [-0.3, -0.25) is 14.7 Å². The fourth-order valence-electron chi connectivity index (χ4n) is 3.64. The Hall–Kier alpha value is -2.31. The van der Waals surface area contributed by atoms with Gasteiger partial charge in [0, 0.05) is 51.5 Å². The SMILES string of the molecule is O=C(CCCCc1nc2ccccc2s1)N1CCN(Cc2cccnc2)CC1. The highest BCUT2D eigenvalue weighted by atomic mass is 32.1. The third-order valence-electron chi connectivity index (χ3n) is 5.22. The second-order valence-corrected chi connectivity index (χ2v) is 8.42. The van der Waals surface area contributed by atoms with Crippen LogP contribution in [0.25, 0.3) is 10.2 Å². The summed E-state index contributed by atoms with van der Waals surface area (Å²) in [6, 6.07) is 12.3. The summed E-state index contributed by atoms with van der Waals surface area (Å²) in [7, 11) is 0. The summed E-state index contributed by atoms with van der Waals surface area (Å²) in [6.45, 7) is 4.45. The molecule has 28 heavy (non-hydrogen) atoms. The molecule has 5 nitrogen and oxygen atoms in total. The van der Waals surface area contributed by atoms with Gasteiger partial charge in [0.25, 0.3) is 0 Å². The minimum atomic E-state index is 0.297. The Bertz CT molecular complexity index is 870. The molecular formula is C22H26N4OS. The van der Waals surface area contributed by atoms with E-state index >= 15 is 0 Å². The maximum absolute atomic E-state index is 12.5. The number of aryl methyl sites for hydroxylation is 1. The molecule has 6 heteroatoms. The van der Waals surface area contributed by atoms with E-state index in [1.165, 1.54) is 15.3 Å². The van der Waals surface area contributed by atoms with Crippen molar-refractivity contribution in [3.63, 3.8) is 0 Å². The highest BCUT2D eigenvalue weighted by molar-refractivity contribution is 7.18. The maximum Gasteiger partial charge on any atom is 0.222 e. The number of hydrogen-bond donors (Lipinski definition) is 0. The number of piperazine rings is 1. The zero-order chi connectivity index (χ0) is 19.2. The van der Waals surface area contributed by atoms with Gasteiger partial charge in [0.1, 0.15) is 0 Å². The van der Waals surface area contributed by atoms with Gasteiger partial charge in [0.05, 0.1) is 15.2 Å². The van der Waals surface area contributed by atoms with E-state index in [4.69, 9.17) is 0 Å². The van der Waals surface area contributed by atoms with Crippen LogP contribution < -0.4 is 0 Å². The lowest BCUT2D eigenvalue weighted by Gasteiger charge is -2.34. The molecule has 0 N–H and O–H groups in total. The standard InChI is InChI=1S/C22H26N4OS/c27-22(10-4-3-9-21-24-19-7-1-2-8-20(19)28-21)26-14-12-25(13-15-26)17-18-6-5-11-23-16-18/h1-2,5-8,11,16H,3-4,9-10,12-15,17H2. The third-order valence-corrected chi connectivity index (χ3v) is 6.32. The number of amides is 1. The van der Waals surface area contributed by atoms with Gasteiger partial charge in [0.2, 0.25) is 5.91 Å². The van der Waals surface area contributed by atoms with E-state index in [0.29, 0.717) is 12.3 Å². The monoisotopic (exact) mass is 394 g/mol. The average Bonchev–Trinajstić information content (AvgIpc) is 3.15. The number of rotatable bonds is 7. The van der Waals surface area contributed by atoms with Crippen molar-refractivity contribution in [1.29, 1.82) is 0 Å². The molecule has 1 aliphatic rings. The van der Waals surface area contributed by atoms with Gasteiger partial charge in [-0.1, -0.05) is 18.2 Å². The molecule has 146 valence electrons. The number of thiazole rings is 1. The topological polar surface area (TPSA) is 49.3 Å². The van der Waals surface area contributed by atoms with Gasteiger partial charge in [0.15, 0.2) is 0 Å². The van der Waals surface area contributed by atoms with Crippen LogP contribution in [-0.2, 0) is 17.8 Å². The summed E-state index contributed by atoms with van der Waals surface area (Å²) in [4.78, 5) is 25.8. The van der Waals surface area contributed by atoms with Crippen molar-refractivity contribution < 1.29 is 4.79 Å². The van der Waals surface area contributed by atoms with Crippen molar-refractivity contribution in [2.45, 2.75) is 32.2 Å². The van der Waals surface area contributed by atoms with Crippen LogP contribution >= 0.6 is 11.3 Å². The number of unbranched alkanes of at least 4 members (excludes halogenated alkanes) is 1. The Morgan fingerprint density at radius 3 is 2.68 bits per heavy atom. The molecule has 0 atom stereocenters. The van der Waals surface area contributed by atoms with Crippen LogP contribution in [0.5, 0.6) is 0 Å². The molecule has 0 bridgehead atoms. The average molecular weight is 395 g/mol. The van der Waals surface area contributed by atoms with E-state index in [0.717, 1.165) is 57.5 Å². The van der Waals surface area contributed by atoms with E-state index in [9.17, 15) is 4.79 Å². The molecule has 1 aliphatic heterocycles. The van der Waals surface area contributed by atoms with Crippen LogP contribution in [0.3, 0.4) is 0 Å². The predicted molar refractivity (Wildman–Crippen MR) is 113 cm³/mol. The normalized spacial score (nSPS) is 15.2. The van der Waals surface area contributed by atoms with Crippen LogP contribution in [-0.4, -0.2) is 51.9 Å². The molecule has 0 saturated carbocycles. The fourth-order valence-corrected chi connectivity index (χ4v) is 4.65. The van der Waals surface area contributed by atoms with E-state index in [1.54, 1.807) is 17.5 Å². The number of benzene rings is 1. The highest BCUT2D eigenvalue weighted by Gasteiger charge is 2.20. The Balaban J connectivity index is 1.15. The van der Waals surface area contributed by atoms with Gasteiger partial charge >= 0.3 is 0 Å². The van der Waals surface area contributed by atoms with E-state index < -0.39 is 0 Å². The Labute approximate surface area is 170 Å². The molecule has 2 aromatic heterocycles. The number of carbonyl (C=O) groups is 1. The summed E-state index contributed by atoms with van der Waals surface area (Å²) in [5, 5.41) is 1.18. The van der Waals surface area contributed by atoms with Crippen molar-refractivity contribution >= 4 is 27.5 Å². The van der Waals surface area contributed by atoms with Crippen molar-refractivity contribution in [1.82, 2.24) is 19.8 Å². The largest absolute Gasteiger partial charge is 0.340 e. The van der Waals surface area contributed by atoms with E-state index in [2.05, 4.69) is 39.1 Å². The van der Waals surface area contributed by atoms with Crippen molar-refractivity contribution in [2.24, 2.45) is 0 Å². The van der Waals surface area contributed by atoms with Crippen LogP contribution in [0.15, 0.2) is 48.8 Å². The van der Waals surface area contributed by atoms with E-state index in [-0.39, 0.29) is 0 Å². The van der Waals surface area contributed by atoms with Gasteiger partial charge < -0.3 is 4.90 Å². The molecule has 3 aromatic rings. The first-order valence-electron chi connectivity index (χ1n) is 10.0. The van der Waals surface area contributed by atoms with Crippen LogP contribution in [0, 0.1) is 0 Å². The van der Waals surface area contributed by atoms with Gasteiger partial charge in [-0.2, -0.15) is 0 Å². The van der Waals surface area contributed by atoms with Crippen LogP contribution in [0.2, 0.25) is 0 Å². The molecular weight excluding hydrogens is 368 g/mol. The molecule has 1 fully saturated rings. The first kappa shape index (κ1) is 19.0.